The van der Waals surface area contributed by atoms with E-state index in [2.05, 4.69) is 36.3 Å². The molecule has 1 aromatic carbocycles. The van der Waals surface area contributed by atoms with Gasteiger partial charge in [-0.05, 0) is 50.7 Å². The van der Waals surface area contributed by atoms with Crippen molar-refractivity contribution >= 4 is 23.4 Å². The molecule has 1 N–H and O–H groups in total. The molecule has 2 bridgehead atoms. The Hall–Kier alpha value is -2.87. The number of hydrogen-bond acceptors (Lipinski definition) is 7. The Morgan fingerprint density at radius 3 is 2.65 bits per heavy atom. The van der Waals surface area contributed by atoms with Gasteiger partial charge in [0.1, 0.15) is 17.9 Å². The molecule has 1 saturated heterocycles. The molecule has 1 saturated carbocycles. The van der Waals surface area contributed by atoms with Gasteiger partial charge in [0.15, 0.2) is 0 Å². The quantitative estimate of drug-likeness (QED) is 0.617. The van der Waals surface area contributed by atoms with Crippen molar-refractivity contribution < 1.29 is 4.74 Å². The summed E-state index contributed by atoms with van der Waals surface area (Å²) in [5.41, 5.74) is 0.998. The van der Waals surface area contributed by atoms with Crippen molar-refractivity contribution in [3.05, 3.63) is 47.4 Å². The summed E-state index contributed by atoms with van der Waals surface area (Å²) < 4.78 is 7.71. The number of halogens is 1. The summed E-state index contributed by atoms with van der Waals surface area (Å²) in [7, 11) is 0. The molecule has 3 aromatic rings. The van der Waals surface area contributed by atoms with Crippen molar-refractivity contribution in [2.75, 3.05) is 23.3 Å². The SMILES string of the molecule is CCn1nc(NC2C3CCC2CN(c2cc(C)ncn2)C3)nc1Oc1ccccc1Cl. The number of aryl methyl sites for hydroxylation is 2. The van der Waals surface area contributed by atoms with Gasteiger partial charge in [-0.2, -0.15) is 4.98 Å². The summed E-state index contributed by atoms with van der Waals surface area (Å²) in [5, 5.41) is 8.78. The Labute approximate surface area is 186 Å². The van der Waals surface area contributed by atoms with Gasteiger partial charge >= 0.3 is 6.01 Å². The van der Waals surface area contributed by atoms with Gasteiger partial charge in [0.2, 0.25) is 5.95 Å². The molecule has 2 aromatic heterocycles. The van der Waals surface area contributed by atoms with Crippen LogP contribution in [-0.4, -0.2) is 43.9 Å². The first-order valence-corrected chi connectivity index (χ1v) is 11.2. The maximum Gasteiger partial charge on any atom is 0.322 e. The number of fused-ring (bicyclic) bond motifs is 2. The highest BCUT2D eigenvalue weighted by Crippen LogP contribution is 2.40. The Morgan fingerprint density at radius 1 is 1.16 bits per heavy atom. The molecule has 9 heteroatoms. The highest BCUT2D eigenvalue weighted by atomic mass is 35.5. The molecule has 1 aliphatic heterocycles. The molecule has 1 aliphatic carbocycles. The number of piperidine rings is 1. The van der Waals surface area contributed by atoms with Crippen LogP contribution in [0.15, 0.2) is 36.7 Å². The number of hydrogen-bond donors (Lipinski definition) is 1. The van der Waals surface area contributed by atoms with Gasteiger partial charge in [-0.1, -0.05) is 23.7 Å². The molecule has 2 atom stereocenters. The Bertz CT molecular complexity index is 1060. The van der Waals surface area contributed by atoms with Gasteiger partial charge in [0.25, 0.3) is 0 Å². The van der Waals surface area contributed by atoms with Crippen LogP contribution < -0.4 is 15.0 Å². The van der Waals surface area contributed by atoms with Crippen LogP contribution in [0.5, 0.6) is 11.8 Å². The van der Waals surface area contributed by atoms with Crippen molar-refractivity contribution in [2.45, 2.75) is 39.3 Å². The molecule has 3 heterocycles. The average Bonchev–Trinajstić information content (AvgIpc) is 3.25. The largest absolute Gasteiger partial charge is 0.423 e. The number of para-hydroxylation sites is 1. The minimum atomic E-state index is 0.347. The van der Waals surface area contributed by atoms with Crippen LogP contribution in [0, 0.1) is 18.8 Å². The maximum atomic E-state index is 6.24. The highest BCUT2D eigenvalue weighted by molar-refractivity contribution is 6.32. The van der Waals surface area contributed by atoms with E-state index in [0.717, 1.165) is 24.6 Å². The van der Waals surface area contributed by atoms with Crippen LogP contribution in [-0.2, 0) is 6.54 Å². The maximum absolute atomic E-state index is 6.24. The van der Waals surface area contributed by atoms with E-state index in [9.17, 15) is 0 Å². The number of aromatic nitrogens is 5. The molecule has 2 aliphatic rings. The van der Waals surface area contributed by atoms with Crippen LogP contribution in [0.25, 0.3) is 0 Å². The first kappa shape index (κ1) is 20.1. The van der Waals surface area contributed by atoms with Crippen molar-refractivity contribution in [2.24, 2.45) is 11.8 Å². The number of nitrogens with one attached hydrogen (secondary N) is 1. The lowest BCUT2D eigenvalue weighted by molar-refractivity contribution is 0.374. The monoisotopic (exact) mass is 439 g/mol. The predicted octanol–water partition coefficient (Wildman–Crippen LogP) is 4.17. The molecule has 0 spiro atoms. The van der Waals surface area contributed by atoms with E-state index in [1.54, 1.807) is 17.1 Å². The van der Waals surface area contributed by atoms with Crippen molar-refractivity contribution in [1.82, 2.24) is 24.7 Å². The number of benzene rings is 1. The zero-order valence-corrected chi connectivity index (χ0v) is 18.5. The minimum absolute atomic E-state index is 0.347. The molecular formula is C22H26ClN7O. The van der Waals surface area contributed by atoms with E-state index < -0.39 is 0 Å². The first-order chi connectivity index (χ1) is 15.1. The second kappa shape index (κ2) is 8.34. The number of nitrogens with zero attached hydrogens (tertiary/aromatic N) is 6. The Kier molecular flexibility index (Phi) is 5.40. The molecule has 8 nitrogen and oxygen atoms in total. The minimum Gasteiger partial charge on any atom is -0.423 e. The third-order valence-corrected chi connectivity index (χ3v) is 6.53. The summed E-state index contributed by atoms with van der Waals surface area (Å²) in [6, 6.07) is 10.2. The Balaban J connectivity index is 1.31. The summed E-state index contributed by atoms with van der Waals surface area (Å²) in [5.74, 6) is 3.25. The molecule has 0 amide bonds. The lowest BCUT2D eigenvalue weighted by Crippen LogP contribution is -2.48. The van der Waals surface area contributed by atoms with Crippen LogP contribution >= 0.6 is 11.6 Å². The Morgan fingerprint density at radius 2 is 1.94 bits per heavy atom. The van der Waals surface area contributed by atoms with E-state index in [4.69, 9.17) is 16.3 Å². The first-order valence-electron chi connectivity index (χ1n) is 10.8. The third kappa shape index (κ3) is 4.04. The lowest BCUT2D eigenvalue weighted by atomic mass is 9.92. The zero-order valence-electron chi connectivity index (χ0n) is 17.7. The topological polar surface area (TPSA) is 81.0 Å². The van der Waals surface area contributed by atoms with Gasteiger partial charge in [-0.3, -0.25) is 0 Å². The molecule has 2 unspecified atom stereocenters. The fraction of sp³-hybridized carbons (Fsp3) is 0.455. The normalized spacial score (nSPS) is 22.5. The second-order valence-corrected chi connectivity index (χ2v) is 8.66. The van der Waals surface area contributed by atoms with Gasteiger partial charge in [-0.25, -0.2) is 14.6 Å². The van der Waals surface area contributed by atoms with Crippen LogP contribution in [0.2, 0.25) is 5.02 Å². The van der Waals surface area contributed by atoms with Gasteiger partial charge in [0.05, 0.1) is 5.02 Å². The second-order valence-electron chi connectivity index (χ2n) is 8.26. The van der Waals surface area contributed by atoms with E-state index in [-0.39, 0.29) is 0 Å². The van der Waals surface area contributed by atoms with E-state index in [1.807, 2.05) is 32.0 Å². The van der Waals surface area contributed by atoms with E-state index >= 15 is 0 Å². The summed E-state index contributed by atoms with van der Waals surface area (Å²) in [4.78, 5) is 15.7. The smallest absolute Gasteiger partial charge is 0.322 e. The van der Waals surface area contributed by atoms with Gasteiger partial charge in [0, 0.05) is 37.4 Å². The van der Waals surface area contributed by atoms with Crippen molar-refractivity contribution in [3.63, 3.8) is 0 Å². The summed E-state index contributed by atoms with van der Waals surface area (Å²) >= 11 is 6.24. The lowest BCUT2D eigenvalue weighted by Gasteiger charge is -2.38. The molecular weight excluding hydrogens is 414 g/mol. The fourth-order valence-corrected chi connectivity index (χ4v) is 4.88. The average molecular weight is 440 g/mol. The zero-order chi connectivity index (χ0) is 21.4. The predicted molar refractivity (Wildman–Crippen MR) is 120 cm³/mol. The van der Waals surface area contributed by atoms with Gasteiger partial charge in [-0.15, -0.1) is 5.10 Å². The summed E-state index contributed by atoms with van der Waals surface area (Å²) in [6.07, 6.45) is 4.04. The molecule has 31 heavy (non-hydrogen) atoms. The number of ether oxygens (including phenoxy) is 1. The number of anilines is 2. The number of rotatable bonds is 6. The molecule has 0 radical (unpaired) electrons. The third-order valence-electron chi connectivity index (χ3n) is 6.22. The van der Waals surface area contributed by atoms with E-state index in [1.165, 1.54) is 12.8 Å². The fourth-order valence-electron chi connectivity index (χ4n) is 4.70. The van der Waals surface area contributed by atoms with Crippen LogP contribution in [0.1, 0.15) is 25.5 Å². The summed E-state index contributed by atoms with van der Waals surface area (Å²) in [6.45, 7) is 6.63. The highest BCUT2D eigenvalue weighted by Gasteiger charge is 2.43. The molecule has 162 valence electrons. The van der Waals surface area contributed by atoms with Crippen molar-refractivity contribution in [1.29, 1.82) is 0 Å². The molecule has 5 rings (SSSR count). The molecule has 2 fully saturated rings. The van der Waals surface area contributed by atoms with Gasteiger partial charge < -0.3 is 15.0 Å². The van der Waals surface area contributed by atoms with Crippen LogP contribution in [0.4, 0.5) is 11.8 Å². The van der Waals surface area contributed by atoms with Crippen LogP contribution in [0.3, 0.4) is 0 Å². The van der Waals surface area contributed by atoms with Crippen molar-refractivity contribution in [3.8, 4) is 11.8 Å². The van der Waals surface area contributed by atoms with E-state index in [0.29, 0.717) is 47.2 Å². The standard InChI is InChI=1S/C22H26ClN7O/c1-3-30-22(31-18-7-5-4-6-17(18)23)27-21(28-30)26-20-15-8-9-16(20)12-29(11-15)19-10-14(2)24-13-25-19/h4-7,10,13,15-16,20H,3,8-9,11-12H2,1-2H3,(H,26,28).